The van der Waals surface area contributed by atoms with Crippen LogP contribution >= 0.6 is 11.6 Å². The molecule has 0 bridgehead atoms. The number of amides is 1. The first-order valence-electron chi connectivity index (χ1n) is 12.9. The number of nitrogens with two attached hydrogens (primary N) is 1. The summed E-state index contributed by atoms with van der Waals surface area (Å²) >= 11 is 6.21. The van der Waals surface area contributed by atoms with Crippen LogP contribution in [0, 0.1) is 0 Å². The maximum Gasteiger partial charge on any atom is 0.261 e. The van der Waals surface area contributed by atoms with Crippen molar-refractivity contribution in [3.05, 3.63) is 76.6 Å². The average Bonchev–Trinajstić information content (AvgIpc) is 3.35. The monoisotopic (exact) mass is 544 g/mol. The van der Waals surface area contributed by atoms with Gasteiger partial charge < -0.3 is 25.6 Å². The summed E-state index contributed by atoms with van der Waals surface area (Å²) in [5.41, 5.74) is 10.6. The number of nitrogen functional groups attached to an aromatic ring is 1. The van der Waals surface area contributed by atoms with Crippen molar-refractivity contribution in [3.8, 4) is 23.0 Å². The Morgan fingerprint density at radius 1 is 1.13 bits per heavy atom. The van der Waals surface area contributed by atoms with Crippen LogP contribution in [0.1, 0.15) is 21.5 Å². The van der Waals surface area contributed by atoms with E-state index in [2.05, 4.69) is 37.2 Å². The molecule has 11 heteroatoms. The summed E-state index contributed by atoms with van der Waals surface area (Å²) < 4.78 is 7.18. The number of hydrogen-bond donors (Lipinski definition) is 2. The molecule has 1 amide bonds. The molecule has 10 nitrogen and oxygen atoms in total. The fourth-order valence-corrected chi connectivity index (χ4v) is 4.96. The van der Waals surface area contributed by atoms with Gasteiger partial charge >= 0.3 is 0 Å². The Hall–Kier alpha value is -3.99. The van der Waals surface area contributed by atoms with Gasteiger partial charge in [0.1, 0.15) is 17.9 Å². The van der Waals surface area contributed by atoms with Crippen molar-refractivity contribution in [1.29, 1.82) is 0 Å². The highest BCUT2D eigenvalue weighted by Gasteiger charge is 2.22. The van der Waals surface area contributed by atoms with E-state index in [4.69, 9.17) is 22.1 Å². The first-order chi connectivity index (χ1) is 18.9. The third kappa shape index (κ3) is 5.44. The van der Waals surface area contributed by atoms with Crippen molar-refractivity contribution in [2.45, 2.75) is 13.0 Å². The van der Waals surface area contributed by atoms with Crippen LogP contribution in [0.3, 0.4) is 0 Å². The van der Waals surface area contributed by atoms with Gasteiger partial charge in [0, 0.05) is 67.0 Å². The first-order valence-corrected chi connectivity index (χ1v) is 13.3. The van der Waals surface area contributed by atoms with Gasteiger partial charge in [-0.15, -0.1) is 5.10 Å². The van der Waals surface area contributed by atoms with E-state index >= 15 is 0 Å². The maximum atomic E-state index is 13.0. The van der Waals surface area contributed by atoms with Gasteiger partial charge in [0.25, 0.3) is 11.9 Å². The number of rotatable bonds is 6. The Morgan fingerprint density at radius 2 is 1.92 bits per heavy atom. The quantitative estimate of drug-likeness (QED) is 0.379. The third-order valence-corrected chi connectivity index (χ3v) is 7.38. The summed E-state index contributed by atoms with van der Waals surface area (Å²) in [7, 11) is 2.16. The van der Waals surface area contributed by atoms with Gasteiger partial charge in [0.15, 0.2) is 5.82 Å². The van der Waals surface area contributed by atoms with Crippen molar-refractivity contribution in [3.63, 3.8) is 0 Å². The fraction of sp³-hybridized carbons (Fsp3) is 0.286. The Labute approximate surface area is 231 Å². The zero-order valence-corrected chi connectivity index (χ0v) is 22.4. The Kier molecular flexibility index (Phi) is 6.90. The number of anilines is 2. The Bertz CT molecular complexity index is 1510. The molecule has 4 aromatic rings. The molecule has 3 N–H and O–H groups in total. The van der Waals surface area contributed by atoms with E-state index in [0.717, 1.165) is 50.3 Å². The number of aromatic nitrogens is 4. The SMILES string of the molecule is CN1CCN(CCc2ccc(NC(=O)c3cn(-c4ncc5c(n4)-c4cc(Cl)ccc4OC5)nc3N)cc2)CC1. The zero-order valence-electron chi connectivity index (χ0n) is 21.6. The van der Waals surface area contributed by atoms with Gasteiger partial charge in [0.2, 0.25) is 0 Å². The minimum absolute atomic E-state index is 0.0874. The second kappa shape index (κ2) is 10.6. The molecule has 39 heavy (non-hydrogen) atoms. The molecule has 0 radical (unpaired) electrons. The molecule has 2 aliphatic rings. The van der Waals surface area contributed by atoms with E-state index < -0.39 is 0 Å². The predicted octanol–water partition coefficient (Wildman–Crippen LogP) is 3.50. The van der Waals surface area contributed by atoms with Crippen LogP contribution in [0.5, 0.6) is 5.75 Å². The number of hydrogen-bond acceptors (Lipinski definition) is 8. The fourth-order valence-electron chi connectivity index (χ4n) is 4.79. The van der Waals surface area contributed by atoms with Crippen LogP contribution in [-0.2, 0) is 13.0 Å². The summed E-state index contributed by atoms with van der Waals surface area (Å²) in [6.45, 7) is 5.82. The van der Waals surface area contributed by atoms with E-state index in [1.807, 2.05) is 30.3 Å². The molecule has 6 rings (SSSR count). The first kappa shape index (κ1) is 25.3. The van der Waals surface area contributed by atoms with E-state index in [1.165, 1.54) is 16.4 Å². The highest BCUT2D eigenvalue weighted by Crippen LogP contribution is 2.37. The van der Waals surface area contributed by atoms with Gasteiger partial charge in [-0.05, 0) is 49.4 Å². The van der Waals surface area contributed by atoms with Gasteiger partial charge in [-0.3, -0.25) is 4.79 Å². The Morgan fingerprint density at radius 3 is 2.72 bits per heavy atom. The number of nitrogens with zero attached hydrogens (tertiary/aromatic N) is 6. The number of halogens is 1. The molecule has 1 saturated heterocycles. The Balaban J connectivity index is 1.14. The second-order valence-electron chi connectivity index (χ2n) is 9.89. The normalized spacial score (nSPS) is 15.3. The molecule has 1 fully saturated rings. The van der Waals surface area contributed by atoms with Gasteiger partial charge in [0.05, 0.1) is 5.69 Å². The molecular weight excluding hydrogens is 516 g/mol. The molecule has 200 valence electrons. The number of carbonyl (C=O) groups is 1. The number of carbonyl (C=O) groups excluding carboxylic acids is 1. The summed E-state index contributed by atoms with van der Waals surface area (Å²) in [5.74, 6) is 0.718. The number of fused-ring (bicyclic) bond motifs is 3. The lowest BCUT2D eigenvalue weighted by molar-refractivity contribution is 0.102. The minimum atomic E-state index is -0.354. The second-order valence-corrected chi connectivity index (χ2v) is 10.3. The maximum absolute atomic E-state index is 13.0. The van der Waals surface area contributed by atoms with E-state index in [0.29, 0.717) is 28.8 Å². The predicted molar refractivity (Wildman–Crippen MR) is 150 cm³/mol. The third-order valence-electron chi connectivity index (χ3n) is 7.15. The lowest BCUT2D eigenvalue weighted by Crippen LogP contribution is -2.45. The van der Waals surface area contributed by atoms with Gasteiger partial charge in [-0.1, -0.05) is 23.7 Å². The summed E-state index contributed by atoms with van der Waals surface area (Å²) in [6, 6.07) is 13.3. The van der Waals surface area contributed by atoms with Crippen molar-refractivity contribution in [2.24, 2.45) is 0 Å². The van der Waals surface area contributed by atoms with Gasteiger partial charge in [-0.2, -0.15) is 0 Å². The molecule has 2 aliphatic heterocycles. The van der Waals surface area contributed by atoms with Crippen molar-refractivity contribution in [2.75, 3.05) is 50.8 Å². The molecular formula is C28H29ClN8O2. The molecule has 0 aliphatic carbocycles. The number of ether oxygens (including phenoxy) is 1. The lowest BCUT2D eigenvalue weighted by atomic mass is 10.0. The summed E-state index contributed by atoms with van der Waals surface area (Å²) in [4.78, 5) is 27.0. The van der Waals surface area contributed by atoms with Crippen LogP contribution in [0.25, 0.3) is 17.2 Å². The van der Waals surface area contributed by atoms with E-state index in [1.54, 1.807) is 18.3 Å². The molecule has 0 unspecified atom stereocenters. The van der Waals surface area contributed by atoms with Gasteiger partial charge in [-0.25, -0.2) is 14.6 Å². The van der Waals surface area contributed by atoms with Crippen LogP contribution in [-0.4, -0.2) is 75.2 Å². The molecule has 0 saturated carbocycles. The van der Waals surface area contributed by atoms with Crippen LogP contribution < -0.4 is 15.8 Å². The van der Waals surface area contributed by atoms with Crippen LogP contribution in [0.15, 0.2) is 54.9 Å². The minimum Gasteiger partial charge on any atom is -0.488 e. The molecule has 2 aromatic carbocycles. The molecule has 2 aromatic heterocycles. The molecule has 0 atom stereocenters. The standard InChI is InChI=1S/C28H29ClN8O2/c1-35-10-12-36(13-11-35)9-8-18-2-5-21(6-3-18)32-27(38)23-16-37(34-26(23)30)28-31-15-19-17-39-24-7-4-20(29)14-22(24)25(19)33-28/h2-7,14-16H,8-13,17H2,1H3,(H2,30,34)(H,32,38). The topological polar surface area (TPSA) is 114 Å². The zero-order chi connectivity index (χ0) is 26.9. The number of likely N-dealkylation sites (N-methyl/N-ethyl adjacent to an activating group) is 1. The van der Waals surface area contributed by atoms with E-state index in [9.17, 15) is 4.79 Å². The van der Waals surface area contributed by atoms with Crippen LogP contribution in [0.2, 0.25) is 5.02 Å². The largest absolute Gasteiger partial charge is 0.488 e. The number of piperazine rings is 1. The summed E-state index contributed by atoms with van der Waals surface area (Å²) in [6.07, 6.45) is 4.20. The smallest absolute Gasteiger partial charge is 0.261 e. The molecule has 4 heterocycles. The highest BCUT2D eigenvalue weighted by atomic mass is 35.5. The highest BCUT2D eigenvalue weighted by molar-refractivity contribution is 6.31. The van der Waals surface area contributed by atoms with E-state index in [-0.39, 0.29) is 23.2 Å². The van der Waals surface area contributed by atoms with Crippen molar-refractivity contribution >= 4 is 29.0 Å². The van der Waals surface area contributed by atoms with Crippen molar-refractivity contribution in [1.82, 2.24) is 29.5 Å². The molecule has 0 spiro atoms. The average molecular weight is 545 g/mol. The lowest BCUT2D eigenvalue weighted by Gasteiger charge is -2.32. The van der Waals surface area contributed by atoms with Crippen LogP contribution in [0.4, 0.5) is 11.5 Å². The summed E-state index contributed by atoms with van der Waals surface area (Å²) in [5, 5.41) is 7.79. The number of nitrogens with one attached hydrogen (secondary N) is 1. The van der Waals surface area contributed by atoms with Crippen molar-refractivity contribution < 1.29 is 9.53 Å². The number of benzene rings is 2.